The Bertz CT molecular complexity index is 417. The lowest BCUT2D eigenvalue weighted by Crippen LogP contribution is -2.41. The van der Waals surface area contributed by atoms with Crippen LogP contribution in [0, 0.1) is 0 Å². The Morgan fingerprint density at radius 1 is 1.26 bits per heavy atom. The molecular formula is C14H18F3NO. The molecule has 1 aliphatic rings. The molecule has 0 aromatic heterocycles. The molecule has 1 fully saturated rings. The van der Waals surface area contributed by atoms with Crippen molar-refractivity contribution in [2.45, 2.75) is 38.1 Å². The van der Waals surface area contributed by atoms with Crippen LogP contribution >= 0.6 is 0 Å². The quantitative estimate of drug-likeness (QED) is 0.909. The van der Waals surface area contributed by atoms with Crippen molar-refractivity contribution < 1.29 is 17.9 Å². The Morgan fingerprint density at radius 3 is 2.68 bits per heavy atom. The lowest BCUT2D eigenvalue weighted by Gasteiger charge is -2.32. The Labute approximate surface area is 111 Å². The van der Waals surface area contributed by atoms with E-state index >= 15 is 0 Å². The fraction of sp³-hybridized carbons (Fsp3) is 0.571. The second kappa shape index (κ2) is 5.92. The van der Waals surface area contributed by atoms with E-state index in [0.29, 0.717) is 13.1 Å². The molecule has 5 heteroatoms. The molecule has 0 bridgehead atoms. The van der Waals surface area contributed by atoms with Gasteiger partial charge in [-0.15, -0.1) is 0 Å². The Morgan fingerprint density at radius 2 is 2.00 bits per heavy atom. The maximum atomic E-state index is 13.0. The second-order valence-corrected chi connectivity index (χ2v) is 4.78. The monoisotopic (exact) mass is 273 g/mol. The van der Waals surface area contributed by atoms with E-state index in [1.54, 1.807) is 6.07 Å². The van der Waals surface area contributed by atoms with E-state index in [1.165, 1.54) is 12.1 Å². The van der Waals surface area contributed by atoms with Crippen LogP contribution in [0.1, 0.15) is 37.0 Å². The lowest BCUT2D eigenvalue weighted by atomic mass is 10.00. The topological polar surface area (TPSA) is 21.3 Å². The molecule has 2 unspecified atom stereocenters. The number of rotatable bonds is 3. The SMILES string of the molecule is CCCC1CNCC(c2ccccc2C(F)(F)F)O1. The molecule has 106 valence electrons. The van der Waals surface area contributed by atoms with Crippen molar-refractivity contribution in [3.8, 4) is 0 Å². The van der Waals surface area contributed by atoms with E-state index in [2.05, 4.69) is 5.32 Å². The Kier molecular flexibility index (Phi) is 4.47. The van der Waals surface area contributed by atoms with Crippen LogP contribution in [-0.4, -0.2) is 19.2 Å². The number of morpholine rings is 1. The summed E-state index contributed by atoms with van der Waals surface area (Å²) in [4.78, 5) is 0. The number of nitrogens with one attached hydrogen (secondary N) is 1. The van der Waals surface area contributed by atoms with Crippen molar-refractivity contribution in [2.75, 3.05) is 13.1 Å². The second-order valence-electron chi connectivity index (χ2n) is 4.78. The molecule has 0 spiro atoms. The van der Waals surface area contributed by atoms with Gasteiger partial charge < -0.3 is 10.1 Å². The highest BCUT2D eigenvalue weighted by Crippen LogP contribution is 2.36. The summed E-state index contributed by atoms with van der Waals surface area (Å²) in [5, 5.41) is 3.15. The van der Waals surface area contributed by atoms with E-state index in [1.807, 2.05) is 6.92 Å². The third-order valence-corrected chi connectivity index (χ3v) is 3.28. The maximum absolute atomic E-state index is 13.0. The van der Waals surface area contributed by atoms with Crippen LogP contribution in [-0.2, 0) is 10.9 Å². The number of ether oxygens (including phenoxy) is 1. The molecule has 0 saturated carbocycles. The minimum Gasteiger partial charge on any atom is -0.368 e. The van der Waals surface area contributed by atoms with Crippen molar-refractivity contribution in [2.24, 2.45) is 0 Å². The highest BCUT2D eigenvalue weighted by molar-refractivity contribution is 5.32. The van der Waals surface area contributed by atoms with E-state index in [0.717, 1.165) is 18.9 Å². The van der Waals surface area contributed by atoms with Gasteiger partial charge in [0.15, 0.2) is 0 Å². The molecule has 1 aromatic carbocycles. The molecule has 0 aliphatic carbocycles. The van der Waals surface area contributed by atoms with Crippen molar-refractivity contribution in [3.63, 3.8) is 0 Å². The summed E-state index contributed by atoms with van der Waals surface area (Å²) in [6, 6.07) is 5.65. The zero-order valence-electron chi connectivity index (χ0n) is 10.8. The third-order valence-electron chi connectivity index (χ3n) is 3.28. The summed E-state index contributed by atoms with van der Waals surface area (Å²) in [6.45, 7) is 3.17. The zero-order valence-corrected chi connectivity index (χ0v) is 10.8. The molecular weight excluding hydrogens is 255 g/mol. The molecule has 0 amide bonds. The number of hydrogen-bond acceptors (Lipinski definition) is 2. The van der Waals surface area contributed by atoms with Crippen molar-refractivity contribution in [1.82, 2.24) is 5.32 Å². The number of hydrogen-bond donors (Lipinski definition) is 1. The first-order valence-corrected chi connectivity index (χ1v) is 6.54. The van der Waals surface area contributed by atoms with Crippen LogP contribution < -0.4 is 5.32 Å². The summed E-state index contributed by atoms with van der Waals surface area (Å²) < 4.78 is 44.7. The summed E-state index contributed by atoms with van der Waals surface area (Å²) in [5.41, 5.74) is -0.373. The molecule has 1 aliphatic heterocycles. The van der Waals surface area contributed by atoms with Gasteiger partial charge in [-0.1, -0.05) is 31.5 Å². The minimum atomic E-state index is -4.34. The van der Waals surface area contributed by atoms with Crippen LogP contribution in [0.5, 0.6) is 0 Å². The first kappa shape index (κ1) is 14.3. The molecule has 19 heavy (non-hydrogen) atoms. The first-order valence-electron chi connectivity index (χ1n) is 6.54. The number of halogens is 3. The first-order chi connectivity index (χ1) is 9.02. The van der Waals surface area contributed by atoms with Gasteiger partial charge in [0.1, 0.15) is 0 Å². The van der Waals surface area contributed by atoms with Gasteiger partial charge in [0.25, 0.3) is 0 Å². The Hall–Kier alpha value is -1.07. The average Bonchev–Trinajstić information content (AvgIpc) is 2.38. The predicted molar refractivity (Wildman–Crippen MR) is 66.8 cm³/mol. The van der Waals surface area contributed by atoms with Gasteiger partial charge >= 0.3 is 6.18 Å². The summed E-state index contributed by atoms with van der Waals surface area (Å²) in [6.07, 6.45) is -3.05. The molecule has 0 radical (unpaired) electrons. The molecule has 1 heterocycles. The van der Waals surface area contributed by atoms with Gasteiger partial charge in [0.2, 0.25) is 0 Å². The number of alkyl halides is 3. The van der Waals surface area contributed by atoms with Crippen LogP contribution in [0.3, 0.4) is 0 Å². The minimum absolute atomic E-state index is 0.00922. The van der Waals surface area contributed by atoms with Crippen LogP contribution in [0.15, 0.2) is 24.3 Å². The van der Waals surface area contributed by atoms with E-state index in [4.69, 9.17) is 4.74 Å². The summed E-state index contributed by atoms with van der Waals surface area (Å²) >= 11 is 0. The molecule has 1 N–H and O–H groups in total. The van der Waals surface area contributed by atoms with Gasteiger partial charge in [-0.25, -0.2) is 0 Å². The summed E-state index contributed by atoms with van der Waals surface area (Å²) in [7, 11) is 0. The van der Waals surface area contributed by atoms with Crippen molar-refractivity contribution in [1.29, 1.82) is 0 Å². The largest absolute Gasteiger partial charge is 0.416 e. The standard InChI is InChI=1S/C14H18F3NO/c1-2-5-10-8-18-9-13(19-10)11-6-3-4-7-12(11)14(15,16)17/h3-4,6-7,10,13,18H,2,5,8-9H2,1H3. The normalized spacial score (nSPS) is 24.4. The van der Waals surface area contributed by atoms with Gasteiger partial charge in [0.05, 0.1) is 17.8 Å². The summed E-state index contributed by atoms with van der Waals surface area (Å²) in [5.74, 6) is 0. The fourth-order valence-corrected chi connectivity index (χ4v) is 2.42. The Balaban J connectivity index is 2.21. The van der Waals surface area contributed by atoms with Crippen molar-refractivity contribution in [3.05, 3.63) is 35.4 Å². The number of benzene rings is 1. The smallest absolute Gasteiger partial charge is 0.368 e. The molecule has 1 aromatic rings. The maximum Gasteiger partial charge on any atom is 0.416 e. The highest BCUT2D eigenvalue weighted by Gasteiger charge is 2.36. The predicted octanol–water partition coefficient (Wildman–Crippen LogP) is 3.54. The molecule has 1 saturated heterocycles. The van der Waals surface area contributed by atoms with E-state index < -0.39 is 17.8 Å². The van der Waals surface area contributed by atoms with Crippen molar-refractivity contribution >= 4 is 0 Å². The van der Waals surface area contributed by atoms with Crippen LogP contribution in [0.2, 0.25) is 0 Å². The van der Waals surface area contributed by atoms with Gasteiger partial charge in [-0.3, -0.25) is 0 Å². The van der Waals surface area contributed by atoms with Gasteiger partial charge in [-0.05, 0) is 18.1 Å². The lowest BCUT2D eigenvalue weighted by molar-refractivity contribution is -0.140. The average molecular weight is 273 g/mol. The fourth-order valence-electron chi connectivity index (χ4n) is 2.42. The van der Waals surface area contributed by atoms with E-state index in [9.17, 15) is 13.2 Å². The van der Waals surface area contributed by atoms with Crippen LogP contribution in [0.4, 0.5) is 13.2 Å². The van der Waals surface area contributed by atoms with Gasteiger partial charge in [-0.2, -0.15) is 13.2 Å². The molecule has 2 nitrogen and oxygen atoms in total. The van der Waals surface area contributed by atoms with E-state index in [-0.39, 0.29) is 11.7 Å². The molecule has 2 rings (SSSR count). The molecule has 2 atom stereocenters. The third kappa shape index (κ3) is 3.48. The zero-order chi connectivity index (χ0) is 13.9. The van der Waals surface area contributed by atoms with Crippen LogP contribution in [0.25, 0.3) is 0 Å². The van der Waals surface area contributed by atoms with Gasteiger partial charge in [0, 0.05) is 13.1 Å². The highest BCUT2D eigenvalue weighted by atomic mass is 19.4.